The predicted octanol–water partition coefficient (Wildman–Crippen LogP) is 5.63. The zero-order chi connectivity index (χ0) is 26.7. The summed E-state index contributed by atoms with van der Waals surface area (Å²) in [6.45, 7) is -0.922. The first-order chi connectivity index (χ1) is 16.8. The molecule has 13 heteroatoms. The molecule has 190 valence electrons. The van der Waals surface area contributed by atoms with Gasteiger partial charge in [0.25, 0.3) is 10.0 Å². The molecular weight excluding hydrogens is 544 g/mol. The molecule has 3 aromatic carbocycles. The smallest absolute Gasteiger partial charge is 0.417 e. The van der Waals surface area contributed by atoms with E-state index < -0.39 is 50.9 Å². The van der Waals surface area contributed by atoms with Crippen LogP contribution in [0.3, 0.4) is 0 Å². The van der Waals surface area contributed by atoms with Crippen LogP contribution in [-0.2, 0) is 25.7 Å². The number of ether oxygens (including phenoxy) is 1. The van der Waals surface area contributed by atoms with Crippen LogP contribution in [0, 0.1) is 0 Å². The number of hydrogen-bond acceptors (Lipinski definition) is 5. The molecule has 0 spiro atoms. The van der Waals surface area contributed by atoms with E-state index in [2.05, 4.69) is 10.1 Å². The van der Waals surface area contributed by atoms with Crippen molar-refractivity contribution < 1.29 is 35.9 Å². The Kier molecular flexibility index (Phi) is 8.17. The number of benzene rings is 3. The first-order valence-corrected chi connectivity index (χ1v) is 12.2. The Morgan fingerprint density at radius 2 is 1.61 bits per heavy atom. The van der Waals surface area contributed by atoms with Gasteiger partial charge in [-0.25, -0.2) is 13.2 Å². The molecular formula is C23H17Cl2F3N2O5S. The van der Waals surface area contributed by atoms with Crippen molar-refractivity contribution in [2.24, 2.45) is 0 Å². The minimum atomic E-state index is -4.88. The number of halogens is 5. The lowest BCUT2D eigenvalue weighted by molar-refractivity contribution is -0.137. The van der Waals surface area contributed by atoms with Crippen LogP contribution in [0.2, 0.25) is 10.0 Å². The molecule has 7 nitrogen and oxygen atoms in total. The first kappa shape index (κ1) is 27.3. The molecule has 0 aliphatic carbocycles. The van der Waals surface area contributed by atoms with E-state index in [-0.39, 0.29) is 21.2 Å². The lowest BCUT2D eigenvalue weighted by atomic mass is 10.2. The van der Waals surface area contributed by atoms with E-state index in [4.69, 9.17) is 23.2 Å². The van der Waals surface area contributed by atoms with E-state index in [0.717, 1.165) is 19.2 Å². The number of methoxy groups -OCH3 is 1. The number of nitrogens with one attached hydrogen (secondary N) is 1. The van der Waals surface area contributed by atoms with Crippen LogP contribution in [0.5, 0.6) is 0 Å². The third-order valence-corrected chi connectivity index (χ3v) is 7.27. The number of alkyl halides is 3. The van der Waals surface area contributed by atoms with Gasteiger partial charge in [-0.2, -0.15) is 13.2 Å². The molecule has 36 heavy (non-hydrogen) atoms. The van der Waals surface area contributed by atoms with Gasteiger partial charge in [0.05, 0.1) is 44.6 Å². The maximum atomic E-state index is 13.5. The quantitative estimate of drug-likeness (QED) is 0.378. The predicted molar refractivity (Wildman–Crippen MR) is 129 cm³/mol. The summed E-state index contributed by atoms with van der Waals surface area (Å²) in [5.41, 5.74) is -1.70. The Balaban J connectivity index is 2.03. The second-order valence-electron chi connectivity index (χ2n) is 7.22. The van der Waals surface area contributed by atoms with Gasteiger partial charge in [-0.05, 0) is 48.5 Å². The molecule has 0 atom stereocenters. The standard InChI is InChI=1S/C23H17Cl2F3N2O5S/c1-35-22(32)14-7-9-19(25)20(11-14)29-21(31)13-30(36(33,34)16-5-3-2-4-6-16)15-8-10-18(24)17(12-15)23(26,27)28/h2-12H,13H2,1H3,(H,29,31). The van der Waals surface area contributed by atoms with Gasteiger partial charge in [-0.3, -0.25) is 9.10 Å². The lowest BCUT2D eigenvalue weighted by Crippen LogP contribution is -2.38. The zero-order valence-corrected chi connectivity index (χ0v) is 20.7. The summed E-state index contributed by atoms with van der Waals surface area (Å²) >= 11 is 11.8. The molecule has 0 radical (unpaired) electrons. The number of esters is 1. The van der Waals surface area contributed by atoms with E-state index in [1.54, 1.807) is 6.07 Å². The van der Waals surface area contributed by atoms with Gasteiger partial charge < -0.3 is 10.1 Å². The van der Waals surface area contributed by atoms with E-state index in [1.165, 1.54) is 42.5 Å². The number of rotatable bonds is 7. The van der Waals surface area contributed by atoms with Gasteiger partial charge in [0, 0.05) is 0 Å². The topological polar surface area (TPSA) is 92.8 Å². The van der Waals surface area contributed by atoms with Crippen LogP contribution in [0.1, 0.15) is 15.9 Å². The van der Waals surface area contributed by atoms with Crippen molar-refractivity contribution in [3.63, 3.8) is 0 Å². The average Bonchev–Trinajstić information content (AvgIpc) is 2.83. The molecule has 0 saturated heterocycles. The molecule has 0 saturated carbocycles. The molecule has 1 amide bonds. The maximum absolute atomic E-state index is 13.5. The maximum Gasteiger partial charge on any atom is 0.417 e. The van der Waals surface area contributed by atoms with Crippen LogP contribution < -0.4 is 9.62 Å². The molecule has 1 N–H and O–H groups in total. The second kappa shape index (κ2) is 10.8. The monoisotopic (exact) mass is 560 g/mol. The molecule has 0 bridgehead atoms. The van der Waals surface area contributed by atoms with Crippen molar-refractivity contribution in [3.05, 3.63) is 87.9 Å². The highest BCUT2D eigenvalue weighted by Gasteiger charge is 2.35. The Bertz CT molecular complexity index is 1400. The van der Waals surface area contributed by atoms with Crippen LogP contribution in [0.15, 0.2) is 71.6 Å². The van der Waals surface area contributed by atoms with Crippen LogP contribution in [0.25, 0.3) is 0 Å². The Hall–Kier alpha value is -3.28. The fraction of sp³-hybridized carbons (Fsp3) is 0.130. The minimum absolute atomic E-state index is 0.0271. The fourth-order valence-electron chi connectivity index (χ4n) is 3.11. The summed E-state index contributed by atoms with van der Waals surface area (Å²) in [5, 5.41) is 1.76. The summed E-state index contributed by atoms with van der Waals surface area (Å²) in [7, 11) is -3.34. The minimum Gasteiger partial charge on any atom is -0.465 e. The molecule has 0 aromatic heterocycles. The SMILES string of the molecule is COC(=O)c1ccc(Cl)c(NC(=O)CN(c2ccc(Cl)c(C(F)(F)F)c2)S(=O)(=O)c2ccccc2)c1. The van der Waals surface area contributed by atoms with E-state index in [0.29, 0.717) is 10.4 Å². The first-order valence-electron chi connectivity index (χ1n) is 9.97. The molecule has 0 unspecified atom stereocenters. The molecule has 0 heterocycles. The molecule has 0 fully saturated rings. The number of hydrogen-bond donors (Lipinski definition) is 1. The molecule has 3 aromatic rings. The van der Waals surface area contributed by atoms with Gasteiger partial charge in [-0.15, -0.1) is 0 Å². The highest BCUT2D eigenvalue weighted by atomic mass is 35.5. The summed E-state index contributed by atoms with van der Waals surface area (Å²) in [6, 6.07) is 13.2. The van der Waals surface area contributed by atoms with Crippen molar-refractivity contribution in [1.29, 1.82) is 0 Å². The van der Waals surface area contributed by atoms with Crippen molar-refractivity contribution in [1.82, 2.24) is 0 Å². The Morgan fingerprint density at radius 1 is 0.972 bits per heavy atom. The van der Waals surface area contributed by atoms with Crippen LogP contribution in [-0.4, -0.2) is 33.9 Å². The number of nitrogens with zero attached hydrogens (tertiary/aromatic N) is 1. The summed E-state index contributed by atoms with van der Waals surface area (Å²) in [5.74, 6) is -1.65. The number of anilines is 2. The van der Waals surface area contributed by atoms with E-state index >= 15 is 0 Å². The van der Waals surface area contributed by atoms with Gasteiger partial charge in [0.2, 0.25) is 5.91 Å². The molecule has 0 aliphatic heterocycles. The largest absolute Gasteiger partial charge is 0.465 e. The highest BCUT2D eigenvalue weighted by molar-refractivity contribution is 7.92. The number of amides is 1. The normalized spacial score (nSPS) is 11.6. The van der Waals surface area contributed by atoms with Gasteiger partial charge in [-0.1, -0.05) is 41.4 Å². The van der Waals surface area contributed by atoms with Crippen molar-refractivity contribution in [2.75, 3.05) is 23.3 Å². The summed E-state index contributed by atoms with van der Waals surface area (Å²) in [6.07, 6.45) is -4.88. The van der Waals surface area contributed by atoms with E-state index in [9.17, 15) is 31.2 Å². The van der Waals surface area contributed by atoms with Crippen molar-refractivity contribution in [2.45, 2.75) is 11.1 Å². The van der Waals surface area contributed by atoms with Gasteiger partial charge >= 0.3 is 12.1 Å². The van der Waals surface area contributed by atoms with E-state index in [1.807, 2.05) is 0 Å². The average molecular weight is 561 g/mol. The second-order valence-corrected chi connectivity index (χ2v) is 9.90. The Labute approximate surface area is 214 Å². The third kappa shape index (κ3) is 6.10. The van der Waals surface area contributed by atoms with Crippen LogP contribution in [0.4, 0.5) is 24.5 Å². The Morgan fingerprint density at radius 3 is 2.22 bits per heavy atom. The zero-order valence-electron chi connectivity index (χ0n) is 18.3. The summed E-state index contributed by atoms with van der Waals surface area (Å²) in [4.78, 5) is 24.4. The van der Waals surface area contributed by atoms with Gasteiger partial charge in [0.1, 0.15) is 6.54 Å². The number of carbonyl (C=O) groups is 2. The number of carbonyl (C=O) groups excluding carboxylic acids is 2. The molecule has 3 rings (SSSR count). The third-order valence-electron chi connectivity index (χ3n) is 4.82. The highest BCUT2D eigenvalue weighted by Crippen LogP contribution is 2.38. The summed E-state index contributed by atoms with van der Waals surface area (Å²) < 4.78 is 72.2. The number of sulfonamides is 1. The van der Waals surface area contributed by atoms with Gasteiger partial charge in [0.15, 0.2) is 0 Å². The van der Waals surface area contributed by atoms with Crippen molar-refractivity contribution >= 4 is 56.5 Å². The van der Waals surface area contributed by atoms with Crippen LogP contribution >= 0.6 is 23.2 Å². The molecule has 0 aliphatic rings. The van der Waals surface area contributed by atoms with Crippen molar-refractivity contribution in [3.8, 4) is 0 Å². The fourth-order valence-corrected chi connectivity index (χ4v) is 4.93. The lowest BCUT2D eigenvalue weighted by Gasteiger charge is -2.25.